The summed E-state index contributed by atoms with van der Waals surface area (Å²) in [4.78, 5) is 11.4. The Bertz CT molecular complexity index is 517. The minimum atomic E-state index is -0.246. The van der Waals surface area contributed by atoms with Gasteiger partial charge in [0.25, 0.3) is 0 Å². The highest BCUT2D eigenvalue weighted by Gasteiger charge is 2.57. The van der Waals surface area contributed by atoms with Crippen LogP contribution >= 0.6 is 0 Å². The van der Waals surface area contributed by atoms with Crippen LogP contribution in [0.1, 0.15) is 78.1 Å². The predicted molar refractivity (Wildman–Crippen MR) is 98.1 cm³/mol. The van der Waals surface area contributed by atoms with Crippen LogP contribution in [0.25, 0.3) is 0 Å². The highest BCUT2D eigenvalue weighted by Crippen LogP contribution is 2.66. The lowest BCUT2D eigenvalue weighted by atomic mass is 9.45. The number of rotatable bonds is 3. The number of esters is 1. The van der Waals surface area contributed by atoms with Crippen LogP contribution in [0.4, 0.5) is 0 Å². The Morgan fingerprint density at radius 3 is 2.64 bits per heavy atom. The number of carbonyl (C=O) groups excluding carboxylic acids is 1. The Labute approximate surface area is 153 Å². The van der Waals surface area contributed by atoms with E-state index in [4.69, 9.17) is 9.47 Å². The Balaban J connectivity index is 1.44. The fourth-order valence-corrected chi connectivity index (χ4v) is 7.61. The molecule has 4 aliphatic carbocycles. The number of hydrogen-bond acceptors (Lipinski definition) is 3. The molecule has 4 rings (SSSR count). The summed E-state index contributed by atoms with van der Waals surface area (Å²) in [6.07, 6.45) is 14.0. The first kappa shape index (κ1) is 17.8. The summed E-state index contributed by atoms with van der Waals surface area (Å²) in [5.41, 5.74) is 1.17. The summed E-state index contributed by atoms with van der Waals surface area (Å²) in [6.45, 7) is 5.31. The first-order valence-electron chi connectivity index (χ1n) is 10.6. The third-order valence-corrected chi connectivity index (χ3v) is 9.06. The van der Waals surface area contributed by atoms with E-state index in [2.05, 4.69) is 13.8 Å². The molecule has 4 saturated carbocycles. The average molecular weight is 349 g/mol. The molecule has 25 heavy (non-hydrogen) atoms. The van der Waals surface area contributed by atoms with Crippen LogP contribution in [-0.4, -0.2) is 25.8 Å². The Kier molecular flexibility index (Phi) is 4.67. The van der Waals surface area contributed by atoms with Crippen molar-refractivity contribution in [2.45, 2.75) is 84.2 Å². The molecule has 0 aliphatic heterocycles. The van der Waals surface area contributed by atoms with Gasteiger partial charge in [-0.05, 0) is 92.3 Å². The van der Waals surface area contributed by atoms with Crippen LogP contribution in [-0.2, 0) is 14.3 Å². The molecule has 3 nitrogen and oxygen atoms in total. The van der Waals surface area contributed by atoms with Crippen LogP contribution in [0.5, 0.6) is 0 Å². The molecule has 0 radical (unpaired) electrons. The van der Waals surface area contributed by atoms with E-state index >= 15 is 0 Å². The van der Waals surface area contributed by atoms with E-state index in [0.717, 1.165) is 36.5 Å². The fourth-order valence-electron chi connectivity index (χ4n) is 7.61. The Hall–Kier alpha value is -0.570. The number of hydrogen-bond donors (Lipinski definition) is 0. The molecule has 0 amide bonds. The number of carbonyl (C=O) groups is 1. The molecule has 0 aromatic rings. The summed E-state index contributed by atoms with van der Waals surface area (Å²) >= 11 is 0. The zero-order valence-corrected chi connectivity index (χ0v) is 16.4. The second-order valence-corrected chi connectivity index (χ2v) is 10.0. The maximum absolute atomic E-state index is 11.4. The first-order chi connectivity index (χ1) is 12.0. The molecule has 0 aromatic heterocycles. The van der Waals surface area contributed by atoms with Gasteiger partial charge in [-0.25, -0.2) is 4.79 Å². The summed E-state index contributed by atoms with van der Waals surface area (Å²) in [6, 6.07) is 0. The third kappa shape index (κ3) is 2.95. The van der Waals surface area contributed by atoms with Crippen LogP contribution in [0.15, 0.2) is 0 Å². The average Bonchev–Trinajstić information content (AvgIpc) is 3.01. The SMILES string of the molecule is COC(=O)CO[C@@H]1CC[C@@]2(C)[C@@H](CC[C@@H]3[C@H]4CCC[C@@]4(C)CC[C@H]32)C1. The summed E-state index contributed by atoms with van der Waals surface area (Å²) < 4.78 is 10.6. The molecule has 0 spiro atoms. The quantitative estimate of drug-likeness (QED) is 0.675. The van der Waals surface area contributed by atoms with Crippen LogP contribution in [0.2, 0.25) is 0 Å². The molecule has 7 atom stereocenters. The molecule has 4 fully saturated rings. The van der Waals surface area contributed by atoms with Gasteiger partial charge in [0, 0.05) is 0 Å². The minimum Gasteiger partial charge on any atom is -0.467 e. The lowest BCUT2D eigenvalue weighted by Crippen LogP contribution is -2.53. The van der Waals surface area contributed by atoms with Crippen molar-refractivity contribution in [1.82, 2.24) is 0 Å². The smallest absolute Gasteiger partial charge is 0.331 e. The highest BCUT2D eigenvalue weighted by molar-refractivity contribution is 5.70. The van der Waals surface area contributed by atoms with E-state index in [1.54, 1.807) is 0 Å². The maximum atomic E-state index is 11.4. The van der Waals surface area contributed by atoms with Gasteiger partial charge in [0.05, 0.1) is 13.2 Å². The predicted octanol–water partition coefficient (Wildman–Crippen LogP) is 4.98. The van der Waals surface area contributed by atoms with E-state index in [1.807, 2.05) is 0 Å². The van der Waals surface area contributed by atoms with Crippen molar-refractivity contribution in [1.29, 1.82) is 0 Å². The van der Waals surface area contributed by atoms with Crippen molar-refractivity contribution >= 4 is 5.97 Å². The van der Waals surface area contributed by atoms with Crippen molar-refractivity contribution in [2.24, 2.45) is 34.5 Å². The van der Waals surface area contributed by atoms with Gasteiger partial charge in [-0.3, -0.25) is 0 Å². The van der Waals surface area contributed by atoms with Crippen LogP contribution in [0, 0.1) is 34.5 Å². The summed E-state index contributed by atoms with van der Waals surface area (Å²) in [7, 11) is 1.44. The van der Waals surface area contributed by atoms with Gasteiger partial charge in [0.1, 0.15) is 6.61 Å². The van der Waals surface area contributed by atoms with Gasteiger partial charge in [0.2, 0.25) is 0 Å². The largest absolute Gasteiger partial charge is 0.467 e. The molecule has 3 heteroatoms. The Morgan fingerprint density at radius 2 is 1.84 bits per heavy atom. The van der Waals surface area contributed by atoms with Gasteiger partial charge < -0.3 is 9.47 Å². The molecule has 0 unspecified atom stereocenters. The highest BCUT2D eigenvalue weighted by atomic mass is 16.6. The standard InChI is InChI=1S/C22H36O3/c1-21-10-4-5-18(21)17-7-6-15-13-16(25-14-20(23)24-3)8-12-22(15,2)19(17)9-11-21/h15-19H,4-14H2,1-3H3/t15-,16+,17+,18+,19+,21-,22-/m0/s1. The van der Waals surface area contributed by atoms with Crippen molar-refractivity contribution < 1.29 is 14.3 Å². The molecule has 0 aromatic carbocycles. The van der Waals surface area contributed by atoms with Crippen LogP contribution in [0.3, 0.4) is 0 Å². The van der Waals surface area contributed by atoms with E-state index in [0.29, 0.717) is 10.8 Å². The maximum Gasteiger partial charge on any atom is 0.331 e. The van der Waals surface area contributed by atoms with Gasteiger partial charge in [0.15, 0.2) is 0 Å². The van der Waals surface area contributed by atoms with Gasteiger partial charge in [-0.2, -0.15) is 0 Å². The third-order valence-electron chi connectivity index (χ3n) is 9.06. The molecular weight excluding hydrogens is 312 g/mol. The summed E-state index contributed by atoms with van der Waals surface area (Å²) in [5, 5.41) is 0. The van der Waals surface area contributed by atoms with E-state index in [9.17, 15) is 4.79 Å². The molecule has 0 bridgehead atoms. The minimum absolute atomic E-state index is 0.122. The zero-order chi connectivity index (χ0) is 17.7. The lowest BCUT2D eigenvalue weighted by Gasteiger charge is -2.60. The lowest BCUT2D eigenvalue weighted by molar-refractivity contribution is -0.155. The second kappa shape index (κ2) is 6.55. The van der Waals surface area contributed by atoms with E-state index in [1.165, 1.54) is 58.5 Å². The molecule has 142 valence electrons. The van der Waals surface area contributed by atoms with Crippen molar-refractivity contribution in [3.05, 3.63) is 0 Å². The van der Waals surface area contributed by atoms with Gasteiger partial charge >= 0.3 is 5.97 Å². The van der Waals surface area contributed by atoms with Crippen molar-refractivity contribution in [3.63, 3.8) is 0 Å². The second-order valence-electron chi connectivity index (χ2n) is 10.0. The first-order valence-corrected chi connectivity index (χ1v) is 10.6. The molecular formula is C22H36O3. The van der Waals surface area contributed by atoms with E-state index < -0.39 is 0 Å². The van der Waals surface area contributed by atoms with Gasteiger partial charge in [-0.1, -0.05) is 20.3 Å². The van der Waals surface area contributed by atoms with Crippen LogP contribution < -0.4 is 0 Å². The van der Waals surface area contributed by atoms with Crippen molar-refractivity contribution in [2.75, 3.05) is 13.7 Å². The Morgan fingerprint density at radius 1 is 1.00 bits per heavy atom. The number of methoxy groups -OCH3 is 1. The fraction of sp³-hybridized carbons (Fsp3) is 0.955. The zero-order valence-electron chi connectivity index (χ0n) is 16.4. The normalized spacial score (nSPS) is 49.0. The summed E-state index contributed by atoms with van der Waals surface area (Å²) in [5.74, 6) is 3.46. The topological polar surface area (TPSA) is 35.5 Å². The number of fused-ring (bicyclic) bond motifs is 5. The van der Waals surface area contributed by atoms with Gasteiger partial charge in [-0.15, -0.1) is 0 Å². The van der Waals surface area contributed by atoms with E-state index in [-0.39, 0.29) is 18.7 Å². The monoisotopic (exact) mass is 348 g/mol. The molecule has 4 aliphatic rings. The molecule has 0 heterocycles. The van der Waals surface area contributed by atoms with Crippen molar-refractivity contribution in [3.8, 4) is 0 Å². The molecule has 0 N–H and O–H groups in total. The molecule has 0 saturated heterocycles. The number of ether oxygens (including phenoxy) is 2.